The molecule has 3 heterocycles. The molecule has 1 aromatic heterocycles. The van der Waals surface area contributed by atoms with Crippen LogP contribution in [0.25, 0.3) is 0 Å². The first-order valence-electron chi connectivity index (χ1n) is 12.8. The molecule has 1 saturated heterocycles. The number of fused-ring (bicyclic) bond motifs is 1. The van der Waals surface area contributed by atoms with Crippen molar-refractivity contribution in [3.63, 3.8) is 0 Å². The highest BCUT2D eigenvalue weighted by molar-refractivity contribution is 7.88. The highest BCUT2D eigenvalue weighted by Gasteiger charge is 2.40. The van der Waals surface area contributed by atoms with Gasteiger partial charge in [-0.2, -0.15) is 9.40 Å². The van der Waals surface area contributed by atoms with E-state index in [9.17, 15) is 13.2 Å². The Kier molecular flexibility index (Phi) is 6.93. The number of carbonyl (C=O) groups is 1. The first-order chi connectivity index (χ1) is 18.0. The van der Waals surface area contributed by atoms with Crippen LogP contribution in [0.15, 0.2) is 48.5 Å². The summed E-state index contributed by atoms with van der Waals surface area (Å²) < 4.78 is 28.2. The van der Waals surface area contributed by atoms with E-state index < -0.39 is 15.4 Å². The second kappa shape index (κ2) is 10.0. The summed E-state index contributed by atoms with van der Waals surface area (Å²) in [5, 5.41) is 10.3. The molecule has 3 aromatic rings. The van der Waals surface area contributed by atoms with Gasteiger partial charge in [0.05, 0.1) is 11.3 Å². The molecule has 0 aliphatic carbocycles. The summed E-state index contributed by atoms with van der Waals surface area (Å²) in [5.74, 6) is -0.154. The van der Waals surface area contributed by atoms with Crippen molar-refractivity contribution < 1.29 is 13.2 Å². The zero-order valence-corrected chi connectivity index (χ0v) is 22.9. The smallest absolute Gasteiger partial charge is 0.258 e. The van der Waals surface area contributed by atoms with Gasteiger partial charge in [0.15, 0.2) is 5.82 Å². The van der Waals surface area contributed by atoms with Crippen LogP contribution in [0.5, 0.6) is 0 Å². The van der Waals surface area contributed by atoms with Crippen molar-refractivity contribution in [2.45, 2.75) is 31.6 Å². The Balaban J connectivity index is 1.35. The lowest BCUT2D eigenvalue weighted by atomic mass is 9.84. The van der Waals surface area contributed by atoms with E-state index in [4.69, 9.17) is 5.73 Å². The summed E-state index contributed by atoms with van der Waals surface area (Å²) in [4.78, 5) is 17.8. The van der Waals surface area contributed by atoms with Crippen LogP contribution in [0, 0.1) is 0 Å². The Morgan fingerprint density at radius 2 is 1.82 bits per heavy atom. The molecule has 38 heavy (non-hydrogen) atoms. The normalized spacial score (nSPS) is 18.2. The van der Waals surface area contributed by atoms with Gasteiger partial charge in [-0.05, 0) is 30.8 Å². The molecule has 0 atom stereocenters. The van der Waals surface area contributed by atoms with Crippen molar-refractivity contribution in [1.82, 2.24) is 19.4 Å². The average Bonchev–Trinajstić information content (AvgIpc) is 3.28. The van der Waals surface area contributed by atoms with Crippen LogP contribution < -0.4 is 16.0 Å². The predicted molar refractivity (Wildman–Crippen MR) is 150 cm³/mol. The van der Waals surface area contributed by atoms with Gasteiger partial charge in [0.25, 0.3) is 5.91 Å². The molecule has 2 aliphatic rings. The molecule has 1 fully saturated rings. The van der Waals surface area contributed by atoms with E-state index in [2.05, 4.69) is 32.4 Å². The van der Waals surface area contributed by atoms with Crippen molar-refractivity contribution in [1.29, 1.82) is 0 Å². The van der Waals surface area contributed by atoms with Gasteiger partial charge in [-0.1, -0.05) is 44.2 Å². The van der Waals surface area contributed by atoms with Gasteiger partial charge in [0.2, 0.25) is 10.0 Å². The van der Waals surface area contributed by atoms with Crippen LogP contribution in [-0.4, -0.2) is 73.5 Å². The quantitative estimate of drug-likeness (QED) is 0.413. The van der Waals surface area contributed by atoms with Gasteiger partial charge in [0.1, 0.15) is 0 Å². The molecule has 10 nitrogen and oxygen atoms in total. The maximum atomic E-state index is 13.3. The highest BCUT2D eigenvalue weighted by atomic mass is 32.2. The molecule has 11 heteroatoms. The number of aromatic amines is 1. The second-order valence-corrected chi connectivity index (χ2v) is 12.8. The van der Waals surface area contributed by atoms with Crippen LogP contribution >= 0.6 is 0 Å². The van der Waals surface area contributed by atoms with E-state index >= 15 is 0 Å². The monoisotopic (exact) mass is 537 g/mol. The van der Waals surface area contributed by atoms with Crippen LogP contribution in [0.2, 0.25) is 0 Å². The SMILES string of the molecule is CN1CCN(c2ccc(C(=O)Nc3n[nH]c4c3CN(S(=O)(=O)Cc3ccccc3)CC4(C)C)c(N)c2)CC1. The molecular weight excluding hydrogens is 502 g/mol. The first kappa shape index (κ1) is 26.2. The minimum absolute atomic E-state index is 0.0883. The number of amides is 1. The first-order valence-corrected chi connectivity index (χ1v) is 14.4. The molecule has 0 radical (unpaired) electrons. The van der Waals surface area contributed by atoms with Gasteiger partial charge in [-0.15, -0.1) is 0 Å². The number of hydrogen-bond acceptors (Lipinski definition) is 7. The summed E-state index contributed by atoms with van der Waals surface area (Å²) in [7, 11) is -1.50. The number of nitrogens with one attached hydrogen (secondary N) is 2. The van der Waals surface area contributed by atoms with Crippen LogP contribution in [0.1, 0.15) is 41.0 Å². The van der Waals surface area contributed by atoms with Crippen LogP contribution in [0.4, 0.5) is 17.2 Å². The number of carbonyl (C=O) groups excluding carboxylic acids is 1. The molecule has 5 rings (SSSR count). The number of nitrogens with zero attached hydrogens (tertiary/aromatic N) is 4. The number of sulfonamides is 1. The molecule has 0 saturated carbocycles. The number of benzene rings is 2. The third kappa shape index (κ3) is 5.27. The van der Waals surface area contributed by atoms with Gasteiger partial charge in [-0.3, -0.25) is 9.89 Å². The maximum Gasteiger partial charge on any atom is 0.258 e. The topological polar surface area (TPSA) is 128 Å². The molecule has 0 bridgehead atoms. The Labute approximate surface area is 223 Å². The summed E-state index contributed by atoms with van der Waals surface area (Å²) in [6.45, 7) is 8.12. The predicted octanol–water partition coefficient (Wildman–Crippen LogP) is 2.62. The summed E-state index contributed by atoms with van der Waals surface area (Å²) >= 11 is 0. The van der Waals surface area contributed by atoms with Crippen molar-refractivity contribution >= 4 is 33.1 Å². The van der Waals surface area contributed by atoms with E-state index in [-0.39, 0.29) is 18.2 Å². The molecule has 2 aromatic carbocycles. The molecule has 4 N–H and O–H groups in total. The van der Waals surface area contributed by atoms with Crippen LogP contribution in [0.3, 0.4) is 0 Å². The van der Waals surface area contributed by atoms with E-state index in [1.54, 1.807) is 18.2 Å². The molecule has 0 spiro atoms. The lowest BCUT2D eigenvalue weighted by Gasteiger charge is -2.37. The van der Waals surface area contributed by atoms with E-state index in [1.807, 2.05) is 44.2 Å². The third-order valence-electron chi connectivity index (χ3n) is 7.42. The van der Waals surface area contributed by atoms with E-state index in [0.717, 1.165) is 43.1 Å². The summed E-state index contributed by atoms with van der Waals surface area (Å²) in [6, 6.07) is 14.6. The van der Waals surface area contributed by atoms with Crippen LogP contribution in [-0.2, 0) is 27.7 Å². The minimum Gasteiger partial charge on any atom is -0.398 e. The molecule has 202 valence electrons. The number of nitrogens with two attached hydrogens (primary N) is 1. The third-order valence-corrected chi connectivity index (χ3v) is 9.16. The minimum atomic E-state index is -3.60. The number of aromatic nitrogens is 2. The average molecular weight is 538 g/mol. The number of hydrogen-bond donors (Lipinski definition) is 3. The maximum absolute atomic E-state index is 13.3. The standard InChI is InChI=1S/C27H35N7O3S/c1-27(2)18-34(38(36,37)17-19-7-5-4-6-8-19)16-22-24(27)30-31-25(22)29-26(35)21-10-9-20(15-23(21)28)33-13-11-32(3)12-14-33/h4-10,15H,11-14,16-18,28H2,1-3H3,(H2,29,30,31,35). The van der Waals surface area contributed by atoms with Crippen molar-refractivity contribution in [2.24, 2.45) is 0 Å². The Bertz CT molecular complexity index is 1430. The number of anilines is 3. The molecular formula is C27H35N7O3S. The highest BCUT2D eigenvalue weighted by Crippen LogP contribution is 2.37. The number of rotatable bonds is 6. The van der Waals surface area contributed by atoms with Gasteiger partial charge in [-0.25, -0.2) is 8.42 Å². The van der Waals surface area contributed by atoms with E-state index in [1.165, 1.54) is 4.31 Å². The lowest BCUT2D eigenvalue weighted by Crippen LogP contribution is -2.45. The van der Waals surface area contributed by atoms with E-state index in [0.29, 0.717) is 29.2 Å². The van der Waals surface area contributed by atoms with Crippen molar-refractivity contribution in [3.05, 3.63) is 70.9 Å². The number of likely N-dealkylation sites (N-methyl/N-ethyl adjacent to an activating group) is 1. The number of H-pyrrole nitrogens is 1. The zero-order valence-electron chi connectivity index (χ0n) is 22.1. The van der Waals surface area contributed by atoms with Crippen molar-refractivity contribution in [3.8, 4) is 0 Å². The molecule has 1 amide bonds. The van der Waals surface area contributed by atoms with Gasteiger partial charge in [0, 0.05) is 67.3 Å². The van der Waals surface area contributed by atoms with Gasteiger partial charge < -0.3 is 20.9 Å². The second-order valence-electron chi connectivity index (χ2n) is 10.8. The Morgan fingerprint density at radius 3 is 2.50 bits per heavy atom. The summed E-state index contributed by atoms with van der Waals surface area (Å²) in [5.41, 5.74) is 9.73. The Hall–Kier alpha value is -3.41. The summed E-state index contributed by atoms with van der Waals surface area (Å²) in [6.07, 6.45) is 0. The molecule has 0 unspecified atom stereocenters. The fourth-order valence-corrected chi connectivity index (χ4v) is 6.84. The fraction of sp³-hybridized carbons (Fsp3) is 0.407. The fourth-order valence-electron chi connectivity index (χ4n) is 5.20. The Morgan fingerprint density at radius 1 is 1.11 bits per heavy atom. The van der Waals surface area contributed by atoms with Gasteiger partial charge >= 0.3 is 0 Å². The van der Waals surface area contributed by atoms with Crippen molar-refractivity contribution in [2.75, 3.05) is 55.7 Å². The largest absolute Gasteiger partial charge is 0.398 e. The lowest BCUT2D eigenvalue weighted by molar-refractivity contribution is 0.102. The number of piperazine rings is 1. The number of nitrogen functional groups attached to an aromatic ring is 1. The molecule has 2 aliphatic heterocycles. The zero-order chi connectivity index (χ0) is 27.1.